The number of rotatable bonds is 4. The van der Waals surface area contributed by atoms with Crippen LogP contribution in [0.5, 0.6) is 0 Å². The largest absolute Gasteiger partial charge is 1.00 e. The number of hydrogen-bond donors (Lipinski definition) is 0. The first-order chi connectivity index (χ1) is 9.41. The van der Waals surface area contributed by atoms with Gasteiger partial charge >= 0.3 is 51.3 Å². The molecule has 2 nitrogen and oxygen atoms in total. The molecule has 0 aliphatic rings. The fraction of sp³-hybridized carbons (Fsp3) is 1.00. The summed E-state index contributed by atoms with van der Waals surface area (Å²) in [5, 5.41) is 0. The van der Waals surface area contributed by atoms with E-state index in [2.05, 4.69) is 0 Å². The minimum Gasteiger partial charge on any atom is -1.00 e. The molecule has 0 heterocycles. The van der Waals surface area contributed by atoms with Gasteiger partial charge in [-0.3, -0.25) is 0 Å². The molecule has 0 aliphatic heterocycles. The Hall–Kier alpha value is 0.275. The van der Waals surface area contributed by atoms with Crippen molar-refractivity contribution in [2.75, 3.05) is 27.4 Å². The van der Waals surface area contributed by atoms with Crippen LogP contribution in [0.1, 0.15) is 7.85 Å². The molecule has 0 N–H and O–H groups in total. The third kappa shape index (κ3) is 501. The Morgan fingerprint density at radius 3 is 0.783 bits per heavy atom. The summed E-state index contributed by atoms with van der Waals surface area (Å²) in [4.78, 5) is 0. The SMILES string of the molecule is COCCCOC.F[B-](F)(F)F.F[B-](F)(F)F.F[B-](F)(F)F.[H-].[Na+]. The molecule has 0 fully saturated rings. The van der Waals surface area contributed by atoms with E-state index in [0.29, 0.717) is 0 Å². The summed E-state index contributed by atoms with van der Waals surface area (Å²) >= 11 is 0. The molecule has 0 aromatic heterocycles. The Balaban J connectivity index is -0.0000000443. The second-order valence-electron chi connectivity index (χ2n) is 2.82. The standard InChI is InChI=1S/C5H12O2.3BF4.Na.H/c1-6-4-3-5-7-2;3*2-1(3,4)5;;/h3-5H2,1-2H3;;;;;/q;3*-1;+1;-1. The van der Waals surface area contributed by atoms with Gasteiger partial charge in [-0.1, -0.05) is 0 Å². The molecule has 0 aromatic carbocycles. The van der Waals surface area contributed by atoms with E-state index in [1.807, 2.05) is 0 Å². The summed E-state index contributed by atoms with van der Waals surface area (Å²) in [5.74, 6) is 0. The number of ether oxygens (including phenoxy) is 2. The minimum atomic E-state index is -6.00. The van der Waals surface area contributed by atoms with Gasteiger partial charge in [0.2, 0.25) is 0 Å². The van der Waals surface area contributed by atoms with E-state index < -0.39 is 21.8 Å². The van der Waals surface area contributed by atoms with E-state index in [1.165, 1.54) is 0 Å². The van der Waals surface area contributed by atoms with Crippen LogP contribution in [0.3, 0.4) is 0 Å². The molecule has 0 aliphatic carbocycles. The zero-order chi connectivity index (χ0) is 19.0. The van der Waals surface area contributed by atoms with E-state index >= 15 is 0 Å². The monoisotopic (exact) mass is 389 g/mol. The fourth-order valence-corrected chi connectivity index (χ4v) is 0.348. The molecule has 18 heteroatoms. The van der Waals surface area contributed by atoms with Crippen molar-refractivity contribution in [2.24, 2.45) is 0 Å². The van der Waals surface area contributed by atoms with Crippen LogP contribution in [-0.4, -0.2) is 49.2 Å². The molecule has 0 radical (unpaired) electrons. The molecule has 142 valence electrons. The average molecular weight is 389 g/mol. The molecule has 0 amide bonds. The Bertz CT molecular complexity index is 178. The number of methoxy groups -OCH3 is 2. The van der Waals surface area contributed by atoms with Crippen molar-refractivity contribution < 1.29 is 92.2 Å². The van der Waals surface area contributed by atoms with Gasteiger partial charge in [0, 0.05) is 27.4 Å². The normalized spacial score (nSPS) is 10.7. The van der Waals surface area contributed by atoms with Crippen LogP contribution in [0.2, 0.25) is 0 Å². The molecular formula is C5H13B3F12NaO2-3. The summed E-state index contributed by atoms with van der Waals surface area (Å²) < 4.78 is 127. The minimum absolute atomic E-state index is 0. The van der Waals surface area contributed by atoms with Crippen molar-refractivity contribution in [1.29, 1.82) is 0 Å². The van der Waals surface area contributed by atoms with E-state index in [0.717, 1.165) is 19.6 Å². The summed E-state index contributed by atoms with van der Waals surface area (Å²) in [6.07, 6.45) is 0.993. The van der Waals surface area contributed by atoms with Crippen LogP contribution in [0.25, 0.3) is 0 Å². The maximum Gasteiger partial charge on any atom is 1.00 e. The van der Waals surface area contributed by atoms with Crippen LogP contribution in [0, 0.1) is 0 Å². The van der Waals surface area contributed by atoms with Crippen LogP contribution in [0.4, 0.5) is 51.8 Å². The van der Waals surface area contributed by atoms with Gasteiger partial charge in [0.25, 0.3) is 0 Å². The smallest absolute Gasteiger partial charge is 1.00 e. The zero-order valence-electron chi connectivity index (χ0n) is 13.2. The predicted octanol–water partition coefficient (Wildman–Crippen LogP) is 1.69. The van der Waals surface area contributed by atoms with Crippen LogP contribution in [0.15, 0.2) is 0 Å². The summed E-state index contributed by atoms with van der Waals surface area (Å²) in [5.41, 5.74) is 0. The molecule has 0 rings (SSSR count). The molecule has 0 aromatic rings. The molecule has 23 heavy (non-hydrogen) atoms. The van der Waals surface area contributed by atoms with Gasteiger partial charge in [0.15, 0.2) is 0 Å². The Kier molecular flexibility index (Phi) is 28.0. The third-order valence-corrected chi connectivity index (χ3v) is 0.697. The summed E-state index contributed by atoms with van der Waals surface area (Å²) in [6.45, 7) is 1.60. The van der Waals surface area contributed by atoms with Gasteiger partial charge in [0.1, 0.15) is 0 Å². The van der Waals surface area contributed by atoms with E-state index in [4.69, 9.17) is 9.47 Å². The maximum atomic E-state index is 9.75. The van der Waals surface area contributed by atoms with Crippen molar-refractivity contribution in [3.8, 4) is 0 Å². The van der Waals surface area contributed by atoms with Crippen LogP contribution < -0.4 is 29.6 Å². The molecule has 0 spiro atoms. The van der Waals surface area contributed by atoms with E-state index in [1.54, 1.807) is 14.2 Å². The molecule has 0 bridgehead atoms. The predicted molar refractivity (Wildman–Crippen MR) is 60.0 cm³/mol. The first-order valence-corrected chi connectivity index (χ1v) is 5.01. The first-order valence-electron chi connectivity index (χ1n) is 5.01. The van der Waals surface area contributed by atoms with Gasteiger partial charge in [-0.25, -0.2) is 0 Å². The average Bonchev–Trinajstić information content (AvgIpc) is 2.10. The Morgan fingerprint density at radius 1 is 0.565 bits per heavy atom. The molecule has 0 atom stereocenters. The number of hydrogen-bond acceptors (Lipinski definition) is 2. The van der Waals surface area contributed by atoms with Crippen LogP contribution in [-0.2, 0) is 9.47 Å². The van der Waals surface area contributed by atoms with Gasteiger partial charge in [-0.05, 0) is 6.42 Å². The van der Waals surface area contributed by atoms with Gasteiger partial charge in [-0.2, -0.15) is 0 Å². The van der Waals surface area contributed by atoms with Crippen LogP contribution >= 0.6 is 0 Å². The number of halogens is 12. The first kappa shape index (κ1) is 34.6. The summed E-state index contributed by atoms with van der Waals surface area (Å²) in [6, 6.07) is 0. The van der Waals surface area contributed by atoms with E-state index in [9.17, 15) is 51.8 Å². The Morgan fingerprint density at radius 2 is 0.696 bits per heavy atom. The second-order valence-corrected chi connectivity index (χ2v) is 2.82. The maximum absolute atomic E-state index is 9.75. The third-order valence-electron chi connectivity index (χ3n) is 0.697. The Labute approximate surface area is 148 Å². The molecular weight excluding hydrogens is 375 g/mol. The van der Waals surface area contributed by atoms with Gasteiger partial charge in [-0.15, -0.1) is 0 Å². The van der Waals surface area contributed by atoms with Crippen molar-refractivity contribution in [3.05, 3.63) is 0 Å². The molecule has 0 unspecified atom stereocenters. The second kappa shape index (κ2) is 18.6. The zero-order valence-corrected chi connectivity index (χ0v) is 14.2. The fourth-order valence-electron chi connectivity index (χ4n) is 0.348. The van der Waals surface area contributed by atoms with Crippen molar-refractivity contribution in [2.45, 2.75) is 6.42 Å². The van der Waals surface area contributed by atoms with Crippen molar-refractivity contribution in [1.82, 2.24) is 0 Å². The van der Waals surface area contributed by atoms with Crippen molar-refractivity contribution in [3.63, 3.8) is 0 Å². The molecule has 0 saturated carbocycles. The van der Waals surface area contributed by atoms with Gasteiger partial charge < -0.3 is 62.7 Å². The van der Waals surface area contributed by atoms with E-state index in [-0.39, 0.29) is 31.0 Å². The molecule has 0 saturated heterocycles. The van der Waals surface area contributed by atoms with Gasteiger partial charge in [0.05, 0.1) is 0 Å². The van der Waals surface area contributed by atoms with Crippen molar-refractivity contribution >= 4 is 21.8 Å². The topological polar surface area (TPSA) is 18.5 Å². The summed E-state index contributed by atoms with van der Waals surface area (Å²) in [7, 11) is -14.6. The quantitative estimate of drug-likeness (QED) is 0.415.